The number of benzene rings is 1. The van der Waals surface area contributed by atoms with Gasteiger partial charge in [0.05, 0.1) is 0 Å². The molecule has 86 valence electrons. The minimum Gasteiger partial charge on any atom is -0.351 e. The van der Waals surface area contributed by atoms with Crippen LogP contribution in [0.2, 0.25) is 0 Å². The Morgan fingerprint density at radius 3 is 2.75 bits per heavy atom. The molecule has 0 aliphatic carbocycles. The van der Waals surface area contributed by atoms with Crippen molar-refractivity contribution in [3.05, 3.63) is 29.8 Å². The van der Waals surface area contributed by atoms with Crippen molar-refractivity contribution in [2.45, 2.75) is 25.3 Å². The first kappa shape index (κ1) is 11.0. The maximum Gasteiger partial charge on any atom is 0.316 e. The molecule has 1 aromatic carbocycles. The second-order valence-electron chi connectivity index (χ2n) is 4.18. The second kappa shape index (κ2) is 4.99. The van der Waals surface area contributed by atoms with Crippen LogP contribution in [0.5, 0.6) is 0 Å². The lowest BCUT2D eigenvalue weighted by molar-refractivity contribution is 0.259. The number of carbonyl (C=O) groups is 1. The summed E-state index contributed by atoms with van der Waals surface area (Å²) >= 11 is 0. The summed E-state index contributed by atoms with van der Waals surface area (Å²) in [5.74, 6) is 0. The number of amides is 2. The summed E-state index contributed by atoms with van der Waals surface area (Å²) in [6, 6.07) is 7.92. The van der Waals surface area contributed by atoms with Gasteiger partial charge in [0.1, 0.15) is 0 Å². The van der Waals surface area contributed by atoms with E-state index in [-0.39, 0.29) is 0 Å². The maximum atomic E-state index is 10.6. The summed E-state index contributed by atoms with van der Waals surface area (Å²) in [5.41, 5.74) is 7.07. The van der Waals surface area contributed by atoms with Crippen molar-refractivity contribution in [1.82, 2.24) is 5.32 Å². The number of urea groups is 1. The zero-order valence-electron chi connectivity index (χ0n) is 9.20. The molecule has 1 unspecified atom stereocenters. The fraction of sp³-hybridized carbons (Fsp3) is 0.417. The van der Waals surface area contributed by atoms with Crippen LogP contribution >= 0.6 is 0 Å². The van der Waals surface area contributed by atoms with E-state index < -0.39 is 6.03 Å². The summed E-state index contributed by atoms with van der Waals surface area (Å²) in [6.07, 6.45) is 3.57. The van der Waals surface area contributed by atoms with Gasteiger partial charge in [-0.25, -0.2) is 4.79 Å². The number of primary amides is 1. The Bertz CT molecular complexity index is 355. The Kier molecular flexibility index (Phi) is 3.41. The Labute approximate surface area is 95.2 Å². The van der Waals surface area contributed by atoms with Crippen molar-refractivity contribution in [3.8, 4) is 0 Å². The molecule has 0 bridgehead atoms. The molecule has 1 saturated heterocycles. The van der Waals surface area contributed by atoms with E-state index in [1.54, 1.807) is 0 Å². The van der Waals surface area contributed by atoms with Gasteiger partial charge in [-0.1, -0.05) is 12.1 Å². The summed E-state index contributed by atoms with van der Waals surface area (Å²) in [7, 11) is 0. The molecule has 2 rings (SSSR count). The van der Waals surface area contributed by atoms with E-state index in [0.717, 1.165) is 18.7 Å². The molecule has 0 aromatic heterocycles. The summed E-state index contributed by atoms with van der Waals surface area (Å²) in [6.45, 7) is 1.13. The first-order chi connectivity index (χ1) is 7.74. The van der Waals surface area contributed by atoms with E-state index in [2.05, 4.69) is 10.6 Å². The molecular weight excluding hydrogens is 202 g/mol. The van der Waals surface area contributed by atoms with E-state index in [4.69, 9.17) is 5.73 Å². The van der Waals surface area contributed by atoms with Crippen LogP contribution in [0.25, 0.3) is 0 Å². The monoisotopic (exact) mass is 219 g/mol. The van der Waals surface area contributed by atoms with Crippen molar-refractivity contribution in [2.24, 2.45) is 5.73 Å². The molecular formula is C12H17N3O. The van der Waals surface area contributed by atoms with Gasteiger partial charge in [-0.05, 0) is 43.5 Å². The fourth-order valence-electron chi connectivity index (χ4n) is 2.08. The SMILES string of the molecule is NC(=O)Nc1ccc(CC2CCCN2)cc1. The molecule has 0 spiro atoms. The van der Waals surface area contributed by atoms with Crippen molar-refractivity contribution in [2.75, 3.05) is 11.9 Å². The minimum absolute atomic E-state index is 0.523. The fourth-order valence-corrected chi connectivity index (χ4v) is 2.08. The summed E-state index contributed by atoms with van der Waals surface area (Å²) in [5, 5.41) is 6.01. The predicted octanol–water partition coefficient (Wildman–Crippen LogP) is 1.47. The highest BCUT2D eigenvalue weighted by atomic mass is 16.2. The third kappa shape index (κ3) is 2.97. The van der Waals surface area contributed by atoms with E-state index >= 15 is 0 Å². The molecule has 2 amide bonds. The van der Waals surface area contributed by atoms with Crippen LogP contribution in [0.1, 0.15) is 18.4 Å². The van der Waals surface area contributed by atoms with Crippen molar-refractivity contribution in [3.63, 3.8) is 0 Å². The van der Waals surface area contributed by atoms with Gasteiger partial charge in [-0.2, -0.15) is 0 Å². The van der Waals surface area contributed by atoms with Crippen LogP contribution in [-0.4, -0.2) is 18.6 Å². The lowest BCUT2D eigenvalue weighted by atomic mass is 10.0. The minimum atomic E-state index is -0.523. The molecule has 16 heavy (non-hydrogen) atoms. The van der Waals surface area contributed by atoms with Crippen LogP contribution in [-0.2, 0) is 6.42 Å². The van der Waals surface area contributed by atoms with Crippen LogP contribution < -0.4 is 16.4 Å². The Morgan fingerprint density at radius 1 is 1.44 bits per heavy atom. The van der Waals surface area contributed by atoms with Gasteiger partial charge in [0.15, 0.2) is 0 Å². The second-order valence-corrected chi connectivity index (χ2v) is 4.18. The first-order valence-electron chi connectivity index (χ1n) is 5.63. The van der Waals surface area contributed by atoms with Gasteiger partial charge in [0, 0.05) is 11.7 Å². The molecule has 1 atom stereocenters. The van der Waals surface area contributed by atoms with Gasteiger partial charge in [-0.15, -0.1) is 0 Å². The molecule has 1 aromatic rings. The molecule has 0 saturated carbocycles. The van der Waals surface area contributed by atoms with E-state index in [9.17, 15) is 4.79 Å². The molecule has 4 nitrogen and oxygen atoms in total. The van der Waals surface area contributed by atoms with E-state index in [1.807, 2.05) is 24.3 Å². The van der Waals surface area contributed by atoms with Gasteiger partial charge in [0.25, 0.3) is 0 Å². The van der Waals surface area contributed by atoms with Crippen molar-refractivity contribution >= 4 is 11.7 Å². The zero-order chi connectivity index (χ0) is 11.4. The number of anilines is 1. The zero-order valence-corrected chi connectivity index (χ0v) is 9.20. The van der Waals surface area contributed by atoms with Gasteiger partial charge in [-0.3, -0.25) is 0 Å². The number of carbonyl (C=O) groups excluding carboxylic acids is 1. The molecule has 1 fully saturated rings. The molecule has 4 heteroatoms. The van der Waals surface area contributed by atoms with Gasteiger partial charge >= 0.3 is 6.03 Å². The summed E-state index contributed by atoms with van der Waals surface area (Å²) in [4.78, 5) is 10.6. The molecule has 1 aliphatic rings. The first-order valence-corrected chi connectivity index (χ1v) is 5.63. The molecule has 1 heterocycles. The van der Waals surface area contributed by atoms with Crippen LogP contribution in [0.3, 0.4) is 0 Å². The van der Waals surface area contributed by atoms with E-state index in [1.165, 1.54) is 18.4 Å². The highest BCUT2D eigenvalue weighted by Gasteiger charge is 2.13. The largest absolute Gasteiger partial charge is 0.351 e. The van der Waals surface area contributed by atoms with E-state index in [0.29, 0.717) is 6.04 Å². The number of nitrogens with two attached hydrogens (primary N) is 1. The van der Waals surface area contributed by atoms with Gasteiger partial charge < -0.3 is 16.4 Å². The average Bonchev–Trinajstić information content (AvgIpc) is 2.73. The highest BCUT2D eigenvalue weighted by molar-refractivity contribution is 5.87. The summed E-state index contributed by atoms with van der Waals surface area (Å²) < 4.78 is 0. The number of rotatable bonds is 3. The third-order valence-electron chi connectivity index (χ3n) is 2.87. The Balaban J connectivity index is 1.93. The van der Waals surface area contributed by atoms with Crippen LogP contribution in [0.4, 0.5) is 10.5 Å². The molecule has 0 radical (unpaired) electrons. The Morgan fingerprint density at radius 2 is 2.19 bits per heavy atom. The number of nitrogens with one attached hydrogen (secondary N) is 2. The third-order valence-corrected chi connectivity index (χ3v) is 2.87. The topological polar surface area (TPSA) is 67.2 Å². The van der Waals surface area contributed by atoms with Gasteiger partial charge in [0.2, 0.25) is 0 Å². The molecule has 4 N–H and O–H groups in total. The lowest BCUT2D eigenvalue weighted by Gasteiger charge is -2.10. The Hall–Kier alpha value is -1.55. The van der Waals surface area contributed by atoms with Crippen molar-refractivity contribution < 1.29 is 4.79 Å². The average molecular weight is 219 g/mol. The van der Waals surface area contributed by atoms with Crippen molar-refractivity contribution in [1.29, 1.82) is 0 Å². The smallest absolute Gasteiger partial charge is 0.316 e. The number of hydrogen-bond donors (Lipinski definition) is 3. The molecule has 1 aliphatic heterocycles. The highest BCUT2D eigenvalue weighted by Crippen LogP contribution is 2.14. The maximum absolute atomic E-state index is 10.6. The quantitative estimate of drug-likeness (QED) is 0.720. The normalized spacial score (nSPS) is 19.6. The van der Waals surface area contributed by atoms with Crippen LogP contribution in [0, 0.1) is 0 Å². The van der Waals surface area contributed by atoms with Crippen LogP contribution in [0.15, 0.2) is 24.3 Å². The standard InChI is InChI=1S/C12H17N3O/c13-12(16)15-10-5-3-9(4-6-10)8-11-2-1-7-14-11/h3-6,11,14H,1-2,7-8H2,(H3,13,15,16). The lowest BCUT2D eigenvalue weighted by Crippen LogP contribution is -2.23. The predicted molar refractivity (Wildman–Crippen MR) is 64.4 cm³/mol. The number of hydrogen-bond acceptors (Lipinski definition) is 2.